The molecule has 0 fully saturated rings. The molecule has 0 saturated heterocycles. The second kappa shape index (κ2) is 8.15. The van der Waals surface area contributed by atoms with Crippen molar-refractivity contribution in [2.45, 2.75) is 39.5 Å². The van der Waals surface area contributed by atoms with Crippen molar-refractivity contribution >= 4 is 21.6 Å². The second-order valence-corrected chi connectivity index (χ2v) is 7.95. The number of nitrogens with zero attached hydrogens (tertiary/aromatic N) is 1. The molecule has 0 atom stereocenters. The molecule has 0 saturated carbocycles. The van der Waals surface area contributed by atoms with Crippen LogP contribution in [0.4, 0.5) is 4.39 Å². The predicted molar refractivity (Wildman–Crippen MR) is 112 cm³/mol. The lowest BCUT2D eigenvalue weighted by atomic mass is 10.2. The maximum Gasteiger partial charge on any atom is 0.165 e. The highest BCUT2D eigenvalue weighted by atomic mass is 32.1. The fourth-order valence-electron chi connectivity index (χ4n) is 3.12. The van der Waals surface area contributed by atoms with E-state index < -0.39 is 0 Å². The summed E-state index contributed by atoms with van der Waals surface area (Å²) < 4.78 is 26.9. The Labute approximate surface area is 167 Å². The number of benzene rings is 1. The van der Waals surface area contributed by atoms with E-state index in [0.717, 1.165) is 45.0 Å². The van der Waals surface area contributed by atoms with Crippen LogP contribution in [0.5, 0.6) is 11.5 Å². The van der Waals surface area contributed by atoms with Crippen molar-refractivity contribution in [1.82, 2.24) is 4.98 Å². The van der Waals surface area contributed by atoms with Crippen LogP contribution >= 0.6 is 11.3 Å². The van der Waals surface area contributed by atoms with Crippen molar-refractivity contribution in [2.24, 2.45) is 0 Å². The molecule has 4 rings (SSSR count). The van der Waals surface area contributed by atoms with Crippen molar-refractivity contribution in [3.8, 4) is 22.1 Å². The molecule has 0 bridgehead atoms. The first kappa shape index (κ1) is 18.7. The van der Waals surface area contributed by atoms with E-state index in [2.05, 4.69) is 11.9 Å². The number of halogens is 1. The standard InChI is InChI=1S/C23H22FNO2S/c1-3-4-5-6-16-8-10-20(26-16)22-14-18-23(28-22)21(11-12-25-18)27-19-9-7-15(2)13-17(19)24/h7-14H,3-6H2,1-2H3. The number of hydrogen-bond acceptors (Lipinski definition) is 4. The number of hydrogen-bond donors (Lipinski definition) is 0. The number of aryl methyl sites for hydroxylation is 2. The van der Waals surface area contributed by atoms with Gasteiger partial charge >= 0.3 is 0 Å². The summed E-state index contributed by atoms with van der Waals surface area (Å²) in [7, 11) is 0. The van der Waals surface area contributed by atoms with Crippen molar-refractivity contribution < 1.29 is 13.5 Å². The fraction of sp³-hybridized carbons (Fsp3) is 0.261. The molecule has 144 valence electrons. The summed E-state index contributed by atoms with van der Waals surface area (Å²) >= 11 is 1.54. The van der Waals surface area contributed by atoms with Crippen molar-refractivity contribution in [1.29, 1.82) is 0 Å². The summed E-state index contributed by atoms with van der Waals surface area (Å²) in [6.07, 6.45) is 6.17. The topological polar surface area (TPSA) is 35.3 Å². The Balaban J connectivity index is 1.62. The van der Waals surface area contributed by atoms with E-state index in [9.17, 15) is 4.39 Å². The van der Waals surface area contributed by atoms with E-state index in [1.165, 1.54) is 18.9 Å². The van der Waals surface area contributed by atoms with Gasteiger partial charge in [0.15, 0.2) is 11.6 Å². The van der Waals surface area contributed by atoms with Crippen molar-refractivity contribution in [2.75, 3.05) is 0 Å². The van der Waals surface area contributed by atoms with Gasteiger partial charge in [-0.15, -0.1) is 11.3 Å². The second-order valence-electron chi connectivity index (χ2n) is 6.89. The van der Waals surface area contributed by atoms with Gasteiger partial charge in [0.1, 0.15) is 17.3 Å². The molecule has 0 radical (unpaired) electrons. The van der Waals surface area contributed by atoms with Crippen LogP contribution in [-0.2, 0) is 6.42 Å². The van der Waals surface area contributed by atoms with Gasteiger partial charge in [-0.05, 0) is 49.2 Å². The number of furan rings is 1. The summed E-state index contributed by atoms with van der Waals surface area (Å²) in [4.78, 5) is 5.42. The largest absolute Gasteiger partial charge is 0.460 e. The van der Waals surface area contributed by atoms with Crippen LogP contribution in [0, 0.1) is 12.7 Å². The minimum absolute atomic E-state index is 0.212. The zero-order valence-corrected chi connectivity index (χ0v) is 16.8. The van der Waals surface area contributed by atoms with Gasteiger partial charge in [0.2, 0.25) is 0 Å². The number of fused-ring (bicyclic) bond motifs is 1. The molecule has 3 heterocycles. The highest BCUT2D eigenvalue weighted by Crippen LogP contribution is 2.40. The van der Waals surface area contributed by atoms with E-state index in [0.29, 0.717) is 5.75 Å². The van der Waals surface area contributed by atoms with E-state index in [-0.39, 0.29) is 11.6 Å². The zero-order chi connectivity index (χ0) is 19.5. The van der Waals surface area contributed by atoms with Crippen molar-refractivity contribution in [3.05, 3.63) is 65.8 Å². The Kier molecular flexibility index (Phi) is 5.44. The molecular weight excluding hydrogens is 373 g/mol. The van der Waals surface area contributed by atoms with E-state index in [4.69, 9.17) is 9.15 Å². The lowest BCUT2D eigenvalue weighted by molar-refractivity contribution is 0.446. The smallest absolute Gasteiger partial charge is 0.165 e. The normalized spacial score (nSPS) is 11.2. The van der Waals surface area contributed by atoms with E-state index >= 15 is 0 Å². The monoisotopic (exact) mass is 395 g/mol. The van der Waals surface area contributed by atoms with Gasteiger partial charge in [0.25, 0.3) is 0 Å². The molecule has 0 unspecified atom stereocenters. The summed E-state index contributed by atoms with van der Waals surface area (Å²) in [5.74, 6) is 2.28. The van der Waals surface area contributed by atoms with Gasteiger partial charge < -0.3 is 9.15 Å². The molecule has 0 amide bonds. The van der Waals surface area contributed by atoms with Crippen LogP contribution < -0.4 is 4.74 Å². The third kappa shape index (κ3) is 3.94. The van der Waals surface area contributed by atoms with Crippen molar-refractivity contribution in [3.63, 3.8) is 0 Å². The molecule has 0 aliphatic heterocycles. The molecule has 1 aromatic carbocycles. The molecule has 3 nitrogen and oxygen atoms in total. The predicted octanol–water partition coefficient (Wildman–Crippen LogP) is 7.53. The molecule has 3 aromatic heterocycles. The number of pyridine rings is 1. The van der Waals surface area contributed by atoms with Crippen LogP contribution in [-0.4, -0.2) is 4.98 Å². The highest BCUT2D eigenvalue weighted by molar-refractivity contribution is 7.22. The first-order chi connectivity index (χ1) is 13.6. The fourth-order valence-corrected chi connectivity index (χ4v) is 4.14. The number of thiophene rings is 1. The third-order valence-corrected chi connectivity index (χ3v) is 5.77. The van der Waals surface area contributed by atoms with Crippen LogP contribution in [0.1, 0.15) is 37.5 Å². The van der Waals surface area contributed by atoms with Gasteiger partial charge in [-0.3, -0.25) is 4.98 Å². The molecule has 5 heteroatoms. The third-order valence-electron chi connectivity index (χ3n) is 4.61. The SMILES string of the molecule is CCCCCc1ccc(-c2cc3nccc(Oc4ccc(C)cc4F)c3s2)o1. The lowest BCUT2D eigenvalue weighted by Crippen LogP contribution is -1.89. The Morgan fingerprint density at radius 1 is 1.07 bits per heavy atom. The van der Waals surface area contributed by atoms with Gasteiger partial charge in [0, 0.05) is 18.7 Å². The van der Waals surface area contributed by atoms with E-state index in [1.807, 2.05) is 31.2 Å². The van der Waals surface area contributed by atoms with Gasteiger partial charge in [-0.25, -0.2) is 4.39 Å². The molecule has 0 aliphatic carbocycles. The number of unbranched alkanes of at least 4 members (excludes halogenated alkanes) is 2. The Morgan fingerprint density at radius 2 is 1.96 bits per heavy atom. The quantitative estimate of drug-likeness (QED) is 0.303. The highest BCUT2D eigenvalue weighted by Gasteiger charge is 2.14. The zero-order valence-electron chi connectivity index (χ0n) is 16.0. The average molecular weight is 395 g/mol. The van der Waals surface area contributed by atoms with Crippen LogP contribution in [0.25, 0.3) is 20.9 Å². The van der Waals surface area contributed by atoms with Crippen LogP contribution in [0.3, 0.4) is 0 Å². The maximum absolute atomic E-state index is 14.2. The Hall–Kier alpha value is -2.66. The lowest BCUT2D eigenvalue weighted by Gasteiger charge is -2.07. The minimum Gasteiger partial charge on any atom is -0.460 e. The van der Waals surface area contributed by atoms with Gasteiger partial charge in [0.05, 0.1) is 15.1 Å². The first-order valence-corrected chi connectivity index (χ1v) is 10.4. The summed E-state index contributed by atoms with van der Waals surface area (Å²) in [5, 5.41) is 0. The summed E-state index contributed by atoms with van der Waals surface area (Å²) in [6.45, 7) is 4.04. The number of aromatic nitrogens is 1. The molecule has 0 aliphatic rings. The summed E-state index contributed by atoms with van der Waals surface area (Å²) in [5.41, 5.74) is 1.67. The number of ether oxygens (including phenoxy) is 1. The molecule has 0 spiro atoms. The minimum atomic E-state index is -0.371. The Morgan fingerprint density at radius 3 is 2.79 bits per heavy atom. The first-order valence-electron chi connectivity index (χ1n) is 9.55. The molecule has 28 heavy (non-hydrogen) atoms. The van der Waals surface area contributed by atoms with Crippen LogP contribution in [0.2, 0.25) is 0 Å². The molecule has 0 N–H and O–H groups in total. The van der Waals surface area contributed by atoms with Gasteiger partial charge in [-0.1, -0.05) is 25.8 Å². The average Bonchev–Trinajstić information content (AvgIpc) is 3.31. The molecular formula is C23H22FNO2S. The molecule has 4 aromatic rings. The van der Waals surface area contributed by atoms with Gasteiger partial charge in [-0.2, -0.15) is 0 Å². The Bertz CT molecular complexity index is 1100. The summed E-state index contributed by atoms with van der Waals surface area (Å²) in [6, 6.07) is 12.8. The van der Waals surface area contributed by atoms with Crippen LogP contribution in [0.15, 0.2) is 53.1 Å². The number of rotatable bonds is 7. The maximum atomic E-state index is 14.2. The van der Waals surface area contributed by atoms with E-state index in [1.54, 1.807) is 29.7 Å².